The molecule has 1 aliphatic carbocycles. The molecule has 1 aromatic carbocycles. The molecular weight excluding hydrogens is 469 g/mol. The van der Waals surface area contributed by atoms with Crippen LogP contribution >= 0.6 is 0 Å². The fraction of sp³-hybridized carbons (Fsp3) is 0.609. The van der Waals surface area contributed by atoms with Gasteiger partial charge in [-0.15, -0.1) is 0 Å². The van der Waals surface area contributed by atoms with E-state index in [1.807, 2.05) is 0 Å². The average Bonchev–Trinajstić information content (AvgIpc) is 2.83. The molecule has 1 unspecified atom stereocenters. The van der Waals surface area contributed by atoms with Gasteiger partial charge < -0.3 is 15.0 Å². The quantitative estimate of drug-likeness (QED) is 0.357. The summed E-state index contributed by atoms with van der Waals surface area (Å²) in [6.45, 7) is 1.83. The first-order chi connectivity index (χ1) is 16.5. The highest BCUT2D eigenvalue weighted by molar-refractivity contribution is 5.85. The fourth-order valence-electron chi connectivity index (χ4n) is 4.55. The number of piperidine rings is 1. The number of amides is 1. The van der Waals surface area contributed by atoms with Crippen molar-refractivity contribution in [3.63, 3.8) is 0 Å². The first kappa shape index (κ1) is 26.2. The van der Waals surface area contributed by atoms with Gasteiger partial charge in [0, 0.05) is 19.2 Å². The third kappa shape index (κ3) is 6.21. The van der Waals surface area contributed by atoms with Crippen LogP contribution in [-0.2, 0) is 20.5 Å². The largest absolute Gasteiger partial charge is 0.452 e. The number of nitrogens with zero attached hydrogens (tertiary/aromatic N) is 3. The number of rotatable bonds is 6. The van der Waals surface area contributed by atoms with E-state index in [1.165, 1.54) is 6.92 Å². The van der Waals surface area contributed by atoms with E-state index in [1.54, 1.807) is 4.90 Å². The topological polar surface area (TPSA) is 126 Å². The van der Waals surface area contributed by atoms with E-state index in [2.05, 4.69) is 11.4 Å². The third-order valence-corrected chi connectivity index (χ3v) is 6.61. The molecular formula is C23H27F3N4O5. The van der Waals surface area contributed by atoms with Gasteiger partial charge in [-0.2, -0.15) is 18.4 Å². The van der Waals surface area contributed by atoms with E-state index >= 15 is 0 Å². The third-order valence-electron chi connectivity index (χ3n) is 6.61. The molecule has 1 saturated carbocycles. The van der Waals surface area contributed by atoms with E-state index < -0.39 is 51.8 Å². The van der Waals surface area contributed by atoms with Gasteiger partial charge >= 0.3 is 12.1 Å². The molecule has 1 aliphatic heterocycles. The smallest absolute Gasteiger partial charge is 0.416 e. The Kier molecular flexibility index (Phi) is 7.87. The summed E-state index contributed by atoms with van der Waals surface area (Å²) in [6.07, 6.45) is -1.53. The Hall–Kier alpha value is -3.36. The van der Waals surface area contributed by atoms with E-state index in [0.29, 0.717) is 18.9 Å². The second-order valence-electron chi connectivity index (χ2n) is 9.04. The first-order valence-electron chi connectivity index (χ1n) is 11.5. The number of ether oxygens (including phenoxy) is 1. The van der Waals surface area contributed by atoms with Crippen LogP contribution in [0.15, 0.2) is 18.2 Å². The van der Waals surface area contributed by atoms with Crippen molar-refractivity contribution in [2.24, 2.45) is 5.92 Å². The maximum Gasteiger partial charge on any atom is 0.416 e. The molecule has 2 fully saturated rings. The van der Waals surface area contributed by atoms with Crippen LogP contribution in [-0.4, -0.2) is 41.5 Å². The summed E-state index contributed by atoms with van der Waals surface area (Å²) in [4.78, 5) is 37.2. The van der Waals surface area contributed by atoms with Crippen molar-refractivity contribution >= 4 is 23.3 Å². The lowest BCUT2D eigenvalue weighted by Crippen LogP contribution is -2.52. The van der Waals surface area contributed by atoms with Gasteiger partial charge in [0.05, 0.1) is 22.5 Å². The fourth-order valence-corrected chi connectivity index (χ4v) is 4.55. The van der Waals surface area contributed by atoms with Crippen LogP contribution in [0.2, 0.25) is 0 Å². The molecule has 2 aliphatic rings. The number of nitriles is 1. The van der Waals surface area contributed by atoms with Crippen LogP contribution < -0.4 is 10.2 Å². The zero-order valence-corrected chi connectivity index (χ0v) is 19.3. The van der Waals surface area contributed by atoms with Crippen molar-refractivity contribution in [3.8, 4) is 6.07 Å². The van der Waals surface area contributed by atoms with Gasteiger partial charge in [0.1, 0.15) is 11.2 Å². The second kappa shape index (κ2) is 10.5. The Balaban J connectivity index is 1.58. The molecule has 0 spiro atoms. The minimum absolute atomic E-state index is 0.0526. The van der Waals surface area contributed by atoms with Crippen LogP contribution in [0.5, 0.6) is 0 Å². The van der Waals surface area contributed by atoms with E-state index in [0.717, 1.165) is 31.4 Å². The lowest BCUT2D eigenvalue weighted by atomic mass is 9.82. The summed E-state index contributed by atoms with van der Waals surface area (Å²) in [7, 11) is 0. The SMILES string of the molecule is CC(OC(=O)C1CCN(c2ccc(C(F)(F)F)cc2[N+](=O)[O-])CC1)C(=O)NC1(C#N)CCCCC1. The van der Waals surface area contributed by atoms with Gasteiger partial charge in [0.2, 0.25) is 0 Å². The number of carbonyl (C=O) groups is 2. The van der Waals surface area contributed by atoms with E-state index in [4.69, 9.17) is 4.74 Å². The van der Waals surface area contributed by atoms with Gasteiger partial charge in [-0.25, -0.2) is 0 Å². The summed E-state index contributed by atoms with van der Waals surface area (Å²) >= 11 is 0. The van der Waals surface area contributed by atoms with Crippen molar-refractivity contribution in [2.75, 3.05) is 18.0 Å². The number of hydrogen-bond donors (Lipinski definition) is 1. The van der Waals surface area contributed by atoms with Crippen LogP contribution in [0.1, 0.15) is 57.4 Å². The number of esters is 1. The number of carbonyl (C=O) groups excluding carboxylic acids is 2. The molecule has 9 nitrogen and oxygen atoms in total. The van der Waals surface area contributed by atoms with Crippen LogP contribution in [0.25, 0.3) is 0 Å². The maximum atomic E-state index is 12.9. The average molecular weight is 496 g/mol. The molecule has 0 radical (unpaired) electrons. The molecule has 1 atom stereocenters. The van der Waals surface area contributed by atoms with Crippen molar-refractivity contribution < 1.29 is 32.4 Å². The zero-order valence-electron chi connectivity index (χ0n) is 19.3. The molecule has 1 N–H and O–H groups in total. The summed E-state index contributed by atoms with van der Waals surface area (Å²) in [5.41, 5.74) is -2.65. The summed E-state index contributed by atoms with van der Waals surface area (Å²) in [6, 6.07) is 4.55. The van der Waals surface area contributed by atoms with Gasteiger partial charge in [-0.1, -0.05) is 19.3 Å². The Labute approximate surface area is 200 Å². The number of hydrogen-bond acceptors (Lipinski definition) is 7. The maximum absolute atomic E-state index is 12.9. The molecule has 12 heteroatoms. The Morgan fingerprint density at radius 3 is 2.43 bits per heavy atom. The lowest BCUT2D eigenvalue weighted by molar-refractivity contribution is -0.384. The summed E-state index contributed by atoms with van der Waals surface area (Å²) in [5, 5.41) is 23.6. The van der Waals surface area contributed by atoms with Crippen molar-refractivity contribution in [3.05, 3.63) is 33.9 Å². The number of nitro groups is 1. The number of halogens is 3. The molecule has 3 rings (SSSR count). The number of benzene rings is 1. The Morgan fingerprint density at radius 2 is 1.89 bits per heavy atom. The van der Waals surface area contributed by atoms with Crippen LogP contribution in [0.3, 0.4) is 0 Å². The molecule has 1 saturated heterocycles. The predicted molar refractivity (Wildman–Crippen MR) is 118 cm³/mol. The molecule has 1 amide bonds. The molecule has 190 valence electrons. The van der Waals surface area contributed by atoms with Crippen molar-refractivity contribution in [2.45, 2.75) is 69.7 Å². The number of nitrogens with one attached hydrogen (secondary N) is 1. The first-order valence-corrected chi connectivity index (χ1v) is 11.5. The number of anilines is 1. The highest BCUT2D eigenvalue weighted by atomic mass is 19.4. The monoisotopic (exact) mass is 496 g/mol. The van der Waals surface area contributed by atoms with Gasteiger partial charge in [-0.05, 0) is 44.7 Å². The highest BCUT2D eigenvalue weighted by Crippen LogP contribution is 2.38. The van der Waals surface area contributed by atoms with Gasteiger partial charge in [0.25, 0.3) is 11.6 Å². The van der Waals surface area contributed by atoms with E-state index in [-0.39, 0.29) is 31.6 Å². The minimum Gasteiger partial charge on any atom is -0.452 e. The van der Waals surface area contributed by atoms with Gasteiger partial charge in [-0.3, -0.25) is 19.7 Å². The molecule has 0 bridgehead atoms. The summed E-state index contributed by atoms with van der Waals surface area (Å²) < 4.78 is 44.2. The molecule has 1 aromatic rings. The standard InChI is InChI=1S/C23H27F3N4O5/c1-15(20(31)28-22(14-27)9-3-2-4-10-22)35-21(32)16-7-11-29(12-8-16)18-6-5-17(23(24,25)26)13-19(18)30(33)34/h5-6,13,15-16H,2-4,7-12H2,1H3,(H,28,31). The lowest BCUT2D eigenvalue weighted by Gasteiger charge is -2.34. The van der Waals surface area contributed by atoms with Gasteiger partial charge in [0.15, 0.2) is 6.10 Å². The summed E-state index contributed by atoms with van der Waals surface area (Å²) in [5.74, 6) is -1.70. The molecule has 0 aromatic heterocycles. The van der Waals surface area contributed by atoms with Crippen molar-refractivity contribution in [1.82, 2.24) is 5.32 Å². The predicted octanol–water partition coefficient (Wildman–Crippen LogP) is 4.10. The molecule has 1 heterocycles. The zero-order chi connectivity index (χ0) is 25.8. The Morgan fingerprint density at radius 1 is 1.26 bits per heavy atom. The highest BCUT2D eigenvalue weighted by Gasteiger charge is 2.37. The minimum atomic E-state index is -4.70. The Bertz CT molecular complexity index is 1010. The van der Waals surface area contributed by atoms with Crippen LogP contribution in [0.4, 0.5) is 24.5 Å². The second-order valence-corrected chi connectivity index (χ2v) is 9.04. The van der Waals surface area contributed by atoms with Crippen molar-refractivity contribution in [1.29, 1.82) is 5.26 Å². The number of alkyl halides is 3. The molecule has 35 heavy (non-hydrogen) atoms. The van der Waals surface area contributed by atoms with Crippen LogP contribution in [0, 0.1) is 27.4 Å². The number of nitro benzene ring substituents is 1. The normalized spacial score (nSPS) is 19.3. The van der Waals surface area contributed by atoms with E-state index in [9.17, 15) is 38.1 Å².